The molecule has 1 atom stereocenters. The normalized spacial score (nSPS) is 12.6. The lowest BCUT2D eigenvalue weighted by atomic mass is 10.1. The zero-order valence-corrected chi connectivity index (χ0v) is 18.5. The van der Waals surface area contributed by atoms with Gasteiger partial charge in [0, 0.05) is 23.6 Å². The second kappa shape index (κ2) is 11.6. The predicted octanol–water partition coefficient (Wildman–Crippen LogP) is 7.53. The average molecular weight is 422 g/mol. The summed E-state index contributed by atoms with van der Waals surface area (Å²) in [5.41, 5.74) is 2.88. The summed E-state index contributed by atoms with van der Waals surface area (Å²) >= 11 is 0. The lowest BCUT2D eigenvalue weighted by Gasteiger charge is -2.12. The summed E-state index contributed by atoms with van der Waals surface area (Å²) in [5.74, 6) is -0.570. The number of hydrogen-bond donors (Lipinski definition) is 1. The molecule has 0 radical (unpaired) electrons. The number of allylic oxidation sites excluding steroid dienone is 1. The first kappa shape index (κ1) is 23.0. The van der Waals surface area contributed by atoms with Crippen molar-refractivity contribution in [3.05, 3.63) is 66.0 Å². The van der Waals surface area contributed by atoms with E-state index in [1.165, 1.54) is 18.9 Å². The van der Waals surface area contributed by atoms with Crippen LogP contribution in [0.2, 0.25) is 0 Å². The molecule has 164 valence electrons. The van der Waals surface area contributed by atoms with Crippen LogP contribution in [0.3, 0.4) is 0 Å². The van der Waals surface area contributed by atoms with E-state index in [1.807, 2.05) is 24.3 Å². The highest BCUT2D eigenvalue weighted by atomic mass is 19.1. The van der Waals surface area contributed by atoms with Gasteiger partial charge in [0.05, 0.1) is 17.3 Å². The molecule has 0 spiro atoms. The van der Waals surface area contributed by atoms with Gasteiger partial charge in [0.2, 0.25) is 0 Å². The molecule has 0 saturated heterocycles. The standard InChI is InChI=1S/C27H32FNO2/c1-3-4-8-17-31-20(2)9-6-5-7-10-21-11-15-26-22(18-21)12-16-27(29-26)24-14-13-23(30)19-25(24)28/h7,10-16,18-20,30H,3-6,8-9,17H2,1-2H3. The lowest BCUT2D eigenvalue weighted by molar-refractivity contribution is 0.0566. The summed E-state index contributed by atoms with van der Waals surface area (Å²) in [7, 11) is 0. The van der Waals surface area contributed by atoms with Crippen molar-refractivity contribution in [2.24, 2.45) is 0 Å². The first-order valence-corrected chi connectivity index (χ1v) is 11.2. The quantitative estimate of drug-likeness (QED) is 0.325. The minimum absolute atomic E-state index is 0.0903. The fourth-order valence-corrected chi connectivity index (χ4v) is 3.57. The van der Waals surface area contributed by atoms with E-state index >= 15 is 0 Å². The van der Waals surface area contributed by atoms with Crippen molar-refractivity contribution < 1.29 is 14.2 Å². The van der Waals surface area contributed by atoms with Crippen molar-refractivity contribution in [3.8, 4) is 17.0 Å². The molecule has 0 fully saturated rings. The summed E-state index contributed by atoms with van der Waals surface area (Å²) in [6.45, 7) is 5.24. The number of hydrogen-bond acceptors (Lipinski definition) is 3. The Hall–Kier alpha value is -2.72. The Labute approximate surface area is 184 Å². The molecule has 3 rings (SSSR count). The summed E-state index contributed by atoms with van der Waals surface area (Å²) in [4.78, 5) is 4.58. The number of benzene rings is 2. The number of aromatic hydroxyl groups is 1. The number of fused-ring (bicyclic) bond motifs is 1. The molecule has 0 aliphatic carbocycles. The van der Waals surface area contributed by atoms with Crippen molar-refractivity contribution in [1.29, 1.82) is 0 Å². The number of unbranched alkanes of at least 4 members (excludes halogenated alkanes) is 3. The van der Waals surface area contributed by atoms with Crippen LogP contribution in [0.15, 0.2) is 54.6 Å². The number of aromatic nitrogens is 1. The van der Waals surface area contributed by atoms with Crippen LogP contribution >= 0.6 is 0 Å². The van der Waals surface area contributed by atoms with Crippen LogP contribution in [0.25, 0.3) is 28.2 Å². The average Bonchev–Trinajstić information content (AvgIpc) is 2.76. The molecule has 0 aliphatic heterocycles. The Morgan fingerprint density at radius 1 is 1.06 bits per heavy atom. The third-order valence-corrected chi connectivity index (χ3v) is 5.38. The number of phenolic OH excluding ortho intramolecular Hbond substituents is 1. The summed E-state index contributed by atoms with van der Waals surface area (Å²) < 4.78 is 20.0. The smallest absolute Gasteiger partial charge is 0.136 e. The Morgan fingerprint density at radius 3 is 2.74 bits per heavy atom. The molecule has 1 aromatic heterocycles. The van der Waals surface area contributed by atoms with Crippen LogP contribution in [-0.4, -0.2) is 22.8 Å². The van der Waals surface area contributed by atoms with Crippen LogP contribution in [0.1, 0.15) is 57.9 Å². The van der Waals surface area contributed by atoms with Crippen molar-refractivity contribution >= 4 is 17.0 Å². The Balaban J connectivity index is 1.54. The van der Waals surface area contributed by atoms with Gasteiger partial charge in [-0.2, -0.15) is 0 Å². The minimum atomic E-state index is -0.480. The van der Waals surface area contributed by atoms with Gasteiger partial charge in [0.1, 0.15) is 11.6 Å². The summed E-state index contributed by atoms with van der Waals surface area (Å²) in [6, 6.07) is 14.0. The topological polar surface area (TPSA) is 42.4 Å². The molecule has 1 heterocycles. The van der Waals surface area contributed by atoms with E-state index in [1.54, 1.807) is 6.07 Å². The maximum atomic E-state index is 14.1. The number of halogens is 1. The number of ether oxygens (including phenoxy) is 1. The molecule has 0 aliphatic rings. The number of nitrogens with zero attached hydrogens (tertiary/aromatic N) is 1. The summed E-state index contributed by atoms with van der Waals surface area (Å²) in [6.07, 6.45) is 11.5. The molecule has 4 heteroatoms. The van der Waals surface area contributed by atoms with Gasteiger partial charge in [-0.1, -0.05) is 44.1 Å². The van der Waals surface area contributed by atoms with Crippen molar-refractivity contribution in [1.82, 2.24) is 4.98 Å². The molecule has 3 aromatic rings. The second-order valence-electron chi connectivity index (χ2n) is 8.03. The highest BCUT2D eigenvalue weighted by Crippen LogP contribution is 2.26. The van der Waals surface area contributed by atoms with Crippen LogP contribution < -0.4 is 0 Å². The zero-order chi connectivity index (χ0) is 22.1. The number of phenols is 1. The predicted molar refractivity (Wildman–Crippen MR) is 127 cm³/mol. The maximum absolute atomic E-state index is 14.1. The van der Waals surface area contributed by atoms with E-state index in [4.69, 9.17) is 4.74 Å². The molecule has 1 unspecified atom stereocenters. The highest BCUT2D eigenvalue weighted by molar-refractivity contribution is 5.83. The van der Waals surface area contributed by atoms with E-state index in [0.717, 1.165) is 54.8 Å². The molecule has 0 saturated carbocycles. The molecule has 1 N–H and O–H groups in total. The zero-order valence-electron chi connectivity index (χ0n) is 18.5. The van der Waals surface area contributed by atoms with Crippen molar-refractivity contribution in [2.75, 3.05) is 6.61 Å². The minimum Gasteiger partial charge on any atom is -0.508 e. The Bertz CT molecular complexity index is 1020. The lowest BCUT2D eigenvalue weighted by Crippen LogP contribution is -2.08. The molecule has 3 nitrogen and oxygen atoms in total. The first-order chi connectivity index (χ1) is 15.1. The Morgan fingerprint density at radius 2 is 1.94 bits per heavy atom. The fourth-order valence-electron chi connectivity index (χ4n) is 3.57. The van der Waals surface area contributed by atoms with Crippen LogP contribution in [0.4, 0.5) is 4.39 Å². The van der Waals surface area contributed by atoms with Crippen LogP contribution in [-0.2, 0) is 4.74 Å². The number of rotatable bonds is 11. The summed E-state index contributed by atoms with van der Waals surface area (Å²) in [5, 5.41) is 10.4. The largest absolute Gasteiger partial charge is 0.508 e. The highest BCUT2D eigenvalue weighted by Gasteiger charge is 2.08. The van der Waals surface area contributed by atoms with Crippen molar-refractivity contribution in [3.63, 3.8) is 0 Å². The van der Waals surface area contributed by atoms with E-state index < -0.39 is 5.82 Å². The van der Waals surface area contributed by atoms with E-state index in [0.29, 0.717) is 17.4 Å². The first-order valence-electron chi connectivity index (χ1n) is 11.2. The maximum Gasteiger partial charge on any atom is 0.136 e. The molecular formula is C27H32FNO2. The van der Waals surface area contributed by atoms with E-state index in [9.17, 15) is 9.50 Å². The molecule has 0 bridgehead atoms. The monoisotopic (exact) mass is 421 g/mol. The van der Waals surface area contributed by atoms with Crippen LogP contribution in [0.5, 0.6) is 5.75 Å². The molecule has 0 amide bonds. The molecule has 31 heavy (non-hydrogen) atoms. The fraction of sp³-hybridized carbons (Fsp3) is 0.370. The molecular weight excluding hydrogens is 389 g/mol. The third kappa shape index (κ3) is 6.90. The molecule has 2 aromatic carbocycles. The van der Waals surface area contributed by atoms with Gasteiger partial charge in [-0.25, -0.2) is 9.37 Å². The SMILES string of the molecule is CCCCCOC(C)CCCC=Cc1ccc2nc(-c3ccc(O)cc3F)ccc2c1. The second-order valence-corrected chi connectivity index (χ2v) is 8.03. The van der Waals surface area contributed by atoms with Crippen LogP contribution in [0, 0.1) is 5.82 Å². The van der Waals surface area contributed by atoms with Gasteiger partial charge < -0.3 is 9.84 Å². The van der Waals surface area contributed by atoms with Gasteiger partial charge in [0.25, 0.3) is 0 Å². The Kier molecular flexibility index (Phi) is 8.60. The van der Waals surface area contributed by atoms with Crippen molar-refractivity contribution in [2.45, 2.75) is 58.5 Å². The van der Waals surface area contributed by atoms with Gasteiger partial charge in [0.15, 0.2) is 0 Å². The van der Waals surface area contributed by atoms with Gasteiger partial charge in [-0.15, -0.1) is 0 Å². The van der Waals surface area contributed by atoms with Gasteiger partial charge in [-0.3, -0.25) is 0 Å². The van der Waals surface area contributed by atoms with Gasteiger partial charge in [-0.05, 0) is 68.5 Å². The van der Waals surface area contributed by atoms with E-state index in [-0.39, 0.29) is 5.75 Å². The third-order valence-electron chi connectivity index (χ3n) is 5.38. The number of pyridine rings is 1. The van der Waals surface area contributed by atoms with Gasteiger partial charge >= 0.3 is 0 Å². The van der Waals surface area contributed by atoms with E-state index in [2.05, 4.69) is 37.0 Å².